The Bertz CT molecular complexity index is 212. The summed E-state index contributed by atoms with van der Waals surface area (Å²) in [5, 5.41) is 8.73. The van der Waals surface area contributed by atoms with E-state index >= 15 is 0 Å². The van der Waals surface area contributed by atoms with Gasteiger partial charge in [0.25, 0.3) is 0 Å². The van der Waals surface area contributed by atoms with Crippen molar-refractivity contribution in [1.82, 2.24) is 9.80 Å². The van der Waals surface area contributed by atoms with E-state index in [0.29, 0.717) is 18.8 Å². The molecule has 0 bridgehead atoms. The van der Waals surface area contributed by atoms with Crippen molar-refractivity contribution in [2.45, 2.75) is 45.3 Å². The lowest BCUT2D eigenvalue weighted by molar-refractivity contribution is -0.0496. The third-order valence-electron chi connectivity index (χ3n) is 3.61. The van der Waals surface area contributed by atoms with Crippen LogP contribution in [-0.4, -0.2) is 73.5 Å². The van der Waals surface area contributed by atoms with E-state index in [9.17, 15) is 0 Å². The molecule has 1 aliphatic rings. The lowest BCUT2D eigenvalue weighted by Crippen LogP contribution is -2.49. The zero-order valence-electron chi connectivity index (χ0n) is 12.3. The largest absolute Gasteiger partial charge is 0.396 e. The summed E-state index contributed by atoms with van der Waals surface area (Å²) in [6, 6.07) is 0.617. The van der Waals surface area contributed by atoms with E-state index < -0.39 is 0 Å². The monoisotopic (exact) mass is 258 g/mol. The molecule has 0 spiro atoms. The van der Waals surface area contributed by atoms with Crippen LogP contribution in [0.1, 0.15) is 33.1 Å². The summed E-state index contributed by atoms with van der Waals surface area (Å²) in [4.78, 5) is 4.85. The quantitative estimate of drug-likeness (QED) is 0.664. The number of rotatable bonds is 8. The fraction of sp³-hybridized carbons (Fsp3) is 1.00. The maximum atomic E-state index is 8.73. The zero-order chi connectivity index (χ0) is 13.4. The molecule has 1 rings (SSSR count). The summed E-state index contributed by atoms with van der Waals surface area (Å²) < 4.78 is 5.83. The second-order valence-electron chi connectivity index (χ2n) is 5.63. The fourth-order valence-corrected chi connectivity index (χ4v) is 2.43. The molecule has 1 heterocycles. The Hall–Kier alpha value is -0.160. The minimum absolute atomic E-state index is 0.318. The summed E-state index contributed by atoms with van der Waals surface area (Å²) in [6.45, 7) is 9.92. The molecule has 0 radical (unpaired) electrons. The van der Waals surface area contributed by atoms with Gasteiger partial charge in [0.1, 0.15) is 0 Å². The van der Waals surface area contributed by atoms with Crippen LogP contribution in [0.2, 0.25) is 0 Å². The van der Waals surface area contributed by atoms with Gasteiger partial charge in [-0.1, -0.05) is 0 Å². The Morgan fingerprint density at radius 2 is 2.11 bits per heavy atom. The Morgan fingerprint density at radius 1 is 1.33 bits per heavy atom. The van der Waals surface area contributed by atoms with Gasteiger partial charge in [-0.2, -0.15) is 0 Å². The van der Waals surface area contributed by atoms with Gasteiger partial charge >= 0.3 is 0 Å². The normalized spacial score (nSPS) is 22.0. The highest BCUT2D eigenvalue weighted by Crippen LogP contribution is 2.10. The van der Waals surface area contributed by atoms with Crippen LogP contribution in [0.5, 0.6) is 0 Å². The van der Waals surface area contributed by atoms with Crippen LogP contribution in [-0.2, 0) is 4.74 Å². The van der Waals surface area contributed by atoms with E-state index in [2.05, 4.69) is 30.7 Å². The summed E-state index contributed by atoms with van der Waals surface area (Å²) in [7, 11) is 2.16. The standard InChI is InChI=1S/C14H30N2O2/c1-13(2)16-8-10-18-14(12-16)11-15(3)7-5-4-6-9-17/h13-14,17H,4-12H2,1-3H3. The van der Waals surface area contributed by atoms with E-state index in [1.54, 1.807) is 0 Å². The van der Waals surface area contributed by atoms with Crippen LogP contribution in [0.3, 0.4) is 0 Å². The molecule has 0 aromatic rings. The van der Waals surface area contributed by atoms with Crippen LogP contribution in [0.15, 0.2) is 0 Å². The van der Waals surface area contributed by atoms with Gasteiger partial charge in [0, 0.05) is 32.3 Å². The molecule has 1 fully saturated rings. The molecule has 4 heteroatoms. The average molecular weight is 258 g/mol. The predicted molar refractivity (Wildman–Crippen MR) is 74.9 cm³/mol. The summed E-state index contributed by atoms with van der Waals surface area (Å²) in [6.07, 6.45) is 3.56. The number of aliphatic hydroxyl groups excluding tert-OH is 1. The van der Waals surface area contributed by atoms with Crippen molar-refractivity contribution in [1.29, 1.82) is 0 Å². The third kappa shape index (κ3) is 6.14. The first-order chi connectivity index (χ1) is 8.63. The van der Waals surface area contributed by atoms with Crippen molar-refractivity contribution in [3.05, 3.63) is 0 Å². The molecular weight excluding hydrogens is 228 g/mol. The minimum atomic E-state index is 0.318. The van der Waals surface area contributed by atoms with Gasteiger partial charge in [0.05, 0.1) is 12.7 Å². The van der Waals surface area contributed by atoms with Gasteiger partial charge in [-0.25, -0.2) is 0 Å². The molecule has 0 aromatic carbocycles. The molecule has 0 amide bonds. The van der Waals surface area contributed by atoms with Gasteiger partial charge in [-0.3, -0.25) is 4.90 Å². The minimum Gasteiger partial charge on any atom is -0.396 e. The second kappa shape index (κ2) is 8.86. The molecule has 1 aliphatic heterocycles. The number of aliphatic hydroxyl groups is 1. The van der Waals surface area contributed by atoms with Gasteiger partial charge < -0.3 is 14.7 Å². The number of unbranched alkanes of at least 4 members (excludes halogenated alkanes) is 2. The van der Waals surface area contributed by atoms with E-state index in [4.69, 9.17) is 9.84 Å². The first kappa shape index (κ1) is 15.9. The number of ether oxygens (including phenoxy) is 1. The van der Waals surface area contributed by atoms with E-state index in [0.717, 1.165) is 52.0 Å². The number of morpholine rings is 1. The van der Waals surface area contributed by atoms with Crippen molar-refractivity contribution in [2.24, 2.45) is 0 Å². The number of likely N-dealkylation sites (N-methyl/N-ethyl adjacent to an activating group) is 1. The molecule has 1 saturated heterocycles. The Labute approximate surface area is 112 Å². The highest BCUT2D eigenvalue weighted by molar-refractivity contribution is 4.76. The first-order valence-corrected chi connectivity index (χ1v) is 7.28. The molecule has 0 saturated carbocycles. The molecule has 18 heavy (non-hydrogen) atoms. The number of hydrogen-bond acceptors (Lipinski definition) is 4. The molecule has 1 unspecified atom stereocenters. The van der Waals surface area contributed by atoms with Crippen LogP contribution < -0.4 is 0 Å². The first-order valence-electron chi connectivity index (χ1n) is 7.28. The highest BCUT2D eigenvalue weighted by atomic mass is 16.5. The maximum Gasteiger partial charge on any atom is 0.0829 e. The van der Waals surface area contributed by atoms with Crippen molar-refractivity contribution in [3.63, 3.8) is 0 Å². The second-order valence-corrected chi connectivity index (χ2v) is 5.63. The van der Waals surface area contributed by atoms with Crippen molar-refractivity contribution >= 4 is 0 Å². The molecule has 4 nitrogen and oxygen atoms in total. The average Bonchev–Trinajstić information content (AvgIpc) is 2.35. The highest BCUT2D eigenvalue weighted by Gasteiger charge is 2.22. The van der Waals surface area contributed by atoms with Gasteiger partial charge in [0.15, 0.2) is 0 Å². The van der Waals surface area contributed by atoms with Crippen LogP contribution in [0.4, 0.5) is 0 Å². The molecule has 0 aromatic heterocycles. The summed E-state index contributed by atoms with van der Waals surface area (Å²) in [5.41, 5.74) is 0. The topological polar surface area (TPSA) is 35.9 Å². The lowest BCUT2D eigenvalue weighted by atomic mass is 10.2. The number of nitrogens with zero attached hydrogens (tertiary/aromatic N) is 2. The Balaban J connectivity index is 2.16. The van der Waals surface area contributed by atoms with E-state index in [-0.39, 0.29) is 0 Å². The summed E-state index contributed by atoms with van der Waals surface area (Å²) in [5.74, 6) is 0. The van der Waals surface area contributed by atoms with Gasteiger partial charge in [-0.15, -0.1) is 0 Å². The van der Waals surface area contributed by atoms with Gasteiger partial charge in [-0.05, 0) is 46.7 Å². The SMILES string of the molecule is CC(C)N1CCOC(CN(C)CCCCCO)C1. The maximum absolute atomic E-state index is 8.73. The van der Waals surface area contributed by atoms with Crippen LogP contribution in [0, 0.1) is 0 Å². The predicted octanol–water partition coefficient (Wildman–Crippen LogP) is 1.19. The smallest absolute Gasteiger partial charge is 0.0829 e. The number of hydrogen-bond donors (Lipinski definition) is 1. The van der Waals surface area contributed by atoms with Crippen molar-refractivity contribution in [2.75, 3.05) is 46.4 Å². The molecule has 1 N–H and O–H groups in total. The molecule has 108 valence electrons. The molecule has 0 aliphatic carbocycles. The van der Waals surface area contributed by atoms with Crippen molar-refractivity contribution < 1.29 is 9.84 Å². The van der Waals surface area contributed by atoms with Crippen LogP contribution in [0.25, 0.3) is 0 Å². The van der Waals surface area contributed by atoms with Crippen molar-refractivity contribution in [3.8, 4) is 0 Å². The Morgan fingerprint density at radius 3 is 2.78 bits per heavy atom. The zero-order valence-corrected chi connectivity index (χ0v) is 12.3. The third-order valence-corrected chi connectivity index (χ3v) is 3.61. The Kier molecular flexibility index (Phi) is 7.82. The molecule has 1 atom stereocenters. The van der Waals surface area contributed by atoms with E-state index in [1.807, 2.05) is 0 Å². The lowest BCUT2D eigenvalue weighted by Gasteiger charge is -2.37. The molecular formula is C14H30N2O2. The van der Waals surface area contributed by atoms with Crippen LogP contribution >= 0.6 is 0 Å². The van der Waals surface area contributed by atoms with Gasteiger partial charge in [0.2, 0.25) is 0 Å². The van der Waals surface area contributed by atoms with E-state index in [1.165, 1.54) is 0 Å². The summed E-state index contributed by atoms with van der Waals surface area (Å²) >= 11 is 0. The fourth-order valence-electron chi connectivity index (χ4n) is 2.43.